The van der Waals surface area contributed by atoms with Crippen LogP contribution in [-0.2, 0) is 16.0 Å². The Kier molecular flexibility index (Phi) is 8.07. The molecule has 0 amide bonds. The van der Waals surface area contributed by atoms with Crippen LogP contribution in [-0.4, -0.2) is 44.7 Å². The number of carbonyl (C=O) groups is 1. The summed E-state index contributed by atoms with van der Waals surface area (Å²) in [6.45, 7) is 8.98. The zero-order valence-electron chi connectivity index (χ0n) is 21.1. The van der Waals surface area contributed by atoms with Crippen molar-refractivity contribution in [3.8, 4) is 0 Å². The van der Waals surface area contributed by atoms with Gasteiger partial charge in [-0.05, 0) is 38.5 Å². The minimum absolute atomic E-state index is 0.0529. The van der Waals surface area contributed by atoms with Crippen molar-refractivity contribution in [3.05, 3.63) is 98.4 Å². The highest BCUT2D eigenvalue weighted by atomic mass is 16.6. The standard InChI is InChI=1S/C27H27N5O6/c1-4-37-15-9-14-31-24-21(26(33)30-13-7-6-12-23(30)29-24)17-22(27(34)38-5-2)25(31)28-18(3)19-10-8-11-20(16-19)32(35)36/h6-8,10-13,16-17H,3-5,9,14-15H2,1-2H3. The first-order valence-corrected chi connectivity index (χ1v) is 12.1. The fourth-order valence-electron chi connectivity index (χ4n) is 4.03. The van der Waals surface area contributed by atoms with Gasteiger partial charge in [0.05, 0.1) is 22.6 Å². The molecule has 4 aromatic rings. The Labute approximate surface area is 217 Å². The smallest absolute Gasteiger partial charge is 0.341 e. The van der Waals surface area contributed by atoms with Gasteiger partial charge in [0.25, 0.3) is 11.2 Å². The number of nitrogens with zero attached hydrogens (tertiary/aromatic N) is 5. The molecule has 0 spiro atoms. The summed E-state index contributed by atoms with van der Waals surface area (Å²) in [5, 5.41) is 11.5. The number of carbonyl (C=O) groups excluding carboxylic acids is 1. The molecular weight excluding hydrogens is 490 g/mol. The molecule has 11 nitrogen and oxygen atoms in total. The molecule has 196 valence electrons. The fourth-order valence-corrected chi connectivity index (χ4v) is 4.03. The molecule has 1 aromatic carbocycles. The van der Waals surface area contributed by atoms with E-state index in [2.05, 4.69) is 11.6 Å². The molecule has 3 heterocycles. The highest BCUT2D eigenvalue weighted by Crippen LogP contribution is 2.20. The van der Waals surface area contributed by atoms with Crippen LogP contribution in [0.2, 0.25) is 0 Å². The van der Waals surface area contributed by atoms with E-state index in [4.69, 9.17) is 14.5 Å². The van der Waals surface area contributed by atoms with Crippen molar-refractivity contribution in [3.63, 3.8) is 0 Å². The molecule has 0 aliphatic carbocycles. The number of aryl methyl sites for hydroxylation is 1. The van der Waals surface area contributed by atoms with Crippen LogP contribution in [0, 0.1) is 10.1 Å². The van der Waals surface area contributed by atoms with Gasteiger partial charge in [-0.3, -0.25) is 19.3 Å². The zero-order chi connectivity index (χ0) is 27.2. The number of fused-ring (bicyclic) bond motifs is 2. The van der Waals surface area contributed by atoms with Crippen molar-refractivity contribution >= 4 is 34.0 Å². The van der Waals surface area contributed by atoms with Gasteiger partial charge in [-0.2, -0.15) is 0 Å². The average molecular weight is 518 g/mol. The number of esters is 1. The second-order valence-corrected chi connectivity index (χ2v) is 8.25. The van der Waals surface area contributed by atoms with Crippen LogP contribution in [0.1, 0.15) is 36.2 Å². The van der Waals surface area contributed by atoms with Gasteiger partial charge in [0, 0.05) is 43.7 Å². The number of ether oxygens (including phenoxy) is 2. The van der Waals surface area contributed by atoms with Gasteiger partial charge in [0.2, 0.25) is 0 Å². The molecular formula is C27H27N5O6. The van der Waals surface area contributed by atoms with E-state index in [1.165, 1.54) is 28.7 Å². The molecule has 0 saturated heterocycles. The van der Waals surface area contributed by atoms with Crippen molar-refractivity contribution in [2.75, 3.05) is 19.8 Å². The molecule has 11 heteroatoms. The first kappa shape index (κ1) is 26.4. The van der Waals surface area contributed by atoms with Crippen molar-refractivity contribution in [1.82, 2.24) is 14.0 Å². The lowest BCUT2D eigenvalue weighted by Crippen LogP contribution is -2.32. The van der Waals surface area contributed by atoms with Crippen LogP contribution in [0.25, 0.3) is 22.4 Å². The molecule has 3 aromatic heterocycles. The maximum absolute atomic E-state index is 13.4. The molecule has 0 atom stereocenters. The van der Waals surface area contributed by atoms with Crippen LogP contribution in [0.5, 0.6) is 0 Å². The van der Waals surface area contributed by atoms with Crippen molar-refractivity contribution in [2.45, 2.75) is 26.8 Å². The van der Waals surface area contributed by atoms with Gasteiger partial charge in [0.1, 0.15) is 22.3 Å². The molecule has 0 aliphatic rings. The first-order chi connectivity index (χ1) is 18.3. The number of hydrogen-bond acceptors (Lipinski definition) is 8. The second-order valence-electron chi connectivity index (χ2n) is 8.25. The summed E-state index contributed by atoms with van der Waals surface area (Å²) < 4.78 is 13.9. The summed E-state index contributed by atoms with van der Waals surface area (Å²) in [6.07, 6.45) is 2.15. The molecule has 0 fully saturated rings. The number of pyridine rings is 2. The minimum atomic E-state index is -0.670. The van der Waals surface area contributed by atoms with Crippen LogP contribution in [0.3, 0.4) is 0 Å². The summed E-state index contributed by atoms with van der Waals surface area (Å²) in [6, 6.07) is 12.5. The average Bonchev–Trinajstić information content (AvgIpc) is 2.92. The first-order valence-electron chi connectivity index (χ1n) is 12.1. The SMILES string of the molecule is C=C(N=c1c(C(=O)OCC)cc2c(=O)n3ccccc3nc2n1CCCOCC)c1cccc([N+](=O)[O-])c1. The van der Waals surface area contributed by atoms with E-state index in [-0.39, 0.29) is 40.0 Å². The molecule has 38 heavy (non-hydrogen) atoms. The van der Waals surface area contributed by atoms with Gasteiger partial charge < -0.3 is 14.0 Å². The normalized spacial score (nSPS) is 11.7. The predicted octanol–water partition coefficient (Wildman–Crippen LogP) is 3.73. The Balaban J connectivity index is 2.04. The summed E-state index contributed by atoms with van der Waals surface area (Å²) in [4.78, 5) is 46.7. The highest BCUT2D eigenvalue weighted by molar-refractivity contribution is 5.93. The maximum atomic E-state index is 13.4. The highest BCUT2D eigenvalue weighted by Gasteiger charge is 2.20. The van der Waals surface area contributed by atoms with E-state index >= 15 is 0 Å². The van der Waals surface area contributed by atoms with E-state index in [0.29, 0.717) is 43.0 Å². The zero-order valence-corrected chi connectivity index (χ0v) is 21.1. The quantitative estimate of drug-likeness (QED) is 0.103. The number of non-ortho nitro benzene ring substituents is 1. The third kappa shape index (κ3) is 5.37. The molecule has 4 rings (SSSR count). The fraction of sp³-hybridized carbons (Fsp3) is 0.259. The Morgan fingerprint density at radius 1 is 1.16 bits per heavy atom. The van der Waals surface area contributed by atoms with E-state index < -0.39 is 10.9 Å². The predicted molar refractivity (Wildman–Crippen MR) is 142 cm³/mol. The van der Waals surface area contributed by atoms with Gasteiger partial charge in [-0.15, -0.1) is 0 Å². The number of hydrogen-bond donors (Lipinski definition) is 0. The molecule has 0 unspecified atom stereocenters. The molecule has 0 N–H and O–H groups in total. The maximum Gasteiger partial charge on any atom is 0.341 e. The van der Waals surface area contributed by atoms with Gasteiger partial charge >= 0.3 is 5.97 Å². The number of rotatable bonds is 10. The summed E-state index contributed by atoms with van der Waals surface area (Å²) in [5.74, 6) is -0.670. The lowest BCUT2D eigenvalue weighted by molar-refractivity contribution is -0.384. The third-order valence-corrected chi connectivity index (χ3v) is 5.79. The van der Waals surface area contributed by atoms with Gasteiger partial charge in [-0.1, -0.05) is 24.8 Å². The minimum Gasteiger partial charge on any atom is -0.462 e. The summed E-state index contributed by atoms with van der Waals surface area (Å²) >= 11 is 0. The van der Waals surface area contributed by atoms with Gasteiger partial charge in [0.15, 0.2) is 0 Å². The monoisotopic (exact) mass is 517 g/mol. The molecule has 0 aliphatic heterocycles. The Hall–Kier alpha value is -4.64. The summed E-state index contributed by atoms with van der Waals surface area (Å²) in [5.41, 5.74) is 1.11. The molecule has 0 radical (unpaired) electrons. The Morgan fingerprint density at radius 3 is 2.71 bits per heavy atom. The second kappa shape index (κ2) is 11.6. The number of benzene rings is 1. The molecule has 0 saturated carbocycles. The van der Waals surface area contributed by atoms with Crippen molar-refractivity contribution < 1.29 is 19.2 Å². The number of nitro groups is 1. The third-order valence-electron chi connectivity index (χ3n) is 5.79. The largest absolute Gasteiger partial charge is 0.462 e. The Bertz CT molecular complexity index is 1670. The lowest BCUT2D eigenvalue weighted by Gasteiger charge is -2.15. The van der Waals surface area contributed by atoms with Crippen LogP contribution < -0.4 is 11.0 Å². The van der Waals surface area contributed by atoms with E-state index in [1.54, 1.807) is 42.0 Å². The van der Waals surface area contributed by atoms with Gasteiger partial charge in [-0.25, -0.2) is 14.8 Å². The topological polar surface area (TPSA) is 130 Å². The number of nitro benzene ring substituents is 1. The van der Waals surface area contributed by atoms with Crippen LogP contribution in [0.4, 0.5) is 5.69 Å². The Morgan fingerprint density at radius 2 is 1.97 bits per heavy atom. The van der Waals surface area contributed by atoms with E-state index in [9.17, 15) is 19.7 Å². The lowest BCUT2D eigenvalue weighted by atomic mass is 10.1. The summed E-state index contributed by atoms with van der Waals surface area (Å²) in [7, 11) is 0. The molecule has 0 bridgehead atoms. The number of aromatic nitrogens is 3. The van der Waals surface area contributed by atoms with Crippen LogP contribution in [0.15, 0.2) is 71.1 Å². The van der Waals surface area contributed by atoms with Crippen molar-refractivity contribution in [1.29, 1.82) is 0 Å². The van der Waals surface area contributed by atoms with Crippen molar-refractivity contribution in [2.24, 2.45) is 4.99 Å². The van der Waals surface area contributed by atoms with E-state index in [1.807, 2.05) is 6.92 Å². The van der Waals surface area contributed by atoms with E-state index in [0.717, 1.165) is 0 Å². The van der Waals surface area contributed by atoms with Crippen LogP contribution >= 0.6 is 0 Å².